The third-order valence-corrected chi connectivity index (χ3v) is 3.73. The number of nitrogen functional groups attached to an aromatic ring is 1. The van der Waals surface area contributed by atoms with Crippen LogP contribution >= 0.6 is 11.6 Å². The molecule has 3 nitrogen and oxygen atoms in total. The topological polar surface area (TPSA) is 53.1 Å². The van der Waals surface area contributed by atoms with Gasteiger partial charge in [-0.1, -0.05) is 25.4 Å². The lowest BCUT2D eigenvalue weighted by molar-refractivity contribution is 0.570. The van der Waals surface area contributed by atoms with E-state index >= 15 is 0 Å². The molecule has 0 unspecified atom stereocenters. The smallest absolute Gasteiger partial charge is 0.124 e. The summed E-state index contributed by atoms with van der Waals surface area (Å²) in [4.78, 5) is 2.40. The summed E-state index contributed by atoms with van der Waals surface area (Å²) in [5.74, 6) is 0.766. The fraction of sp³-hybridized carbons (Fsp3) is 0.533. The van der Waals surface area contributed by atoms with Crippen LogP contribution in [0.15, 0.2) is 18.2 Å². The van der Waals surface area contributed by atoms with Gasteiger partial charge in [0.05, 0.1) is 0 Å². The molecule has 0 bridgehead atoms. The van der Waals surface area contributed by atoms with Gasteiger partial charge in [-0.2, -0.15) is 0 Å². The van der Waals surface area contributed by atoms with E-state index in [-0.39, 0.29) is 5.84 Å². The van der Waals surface area contributed by atoms with E-state index in [1.165, 1.54) is 12.8 Å². The largest absolute Gasteiger partial charge is 0.384 e. The van der Waals surface area contributed by atoms with Crippen LogP contribution in [-0.2, 0) is 0 Å². The first-order valence-electron chi connectivity index (χ1n) is 6.89. The highest BCUT2D eigenvalue weighted by Crippen LogP contribution is 2.35. The lowest BCUT2D eigenvalue weighted by atomic mass is 10.1. The fourth-order valence-electron chi connectivity index (χ4n) is 2.26. The SMILES string of the molecule is CC(C)CCN(c1ccc(Cl)cc1C(=N)N)C1CC1. The quantitative estimate of drug-likeness (QED) is 0.617. The van der Waals surface area contributed by atoms with Crippen LogP contribution in [0.2, 0.25) is 5.02 Å². The van der Waals surface area contributed by atoms with Crippen molar-refractivity contribution in [2.45, 2.75) is 39.2 Å². The minimum atomic E-state index is 0.0905. The van der Waals surface area contributed by atoms with Crippen LogP contribution in [-0.4, -0.2) is 18.4 Å². The molecule has 1 saturated carbocycles. The van der Waals surface area contributed by atoms with Crippen LogP contribution < -0.4 is 10.6 Å². The first-order chi connectivity index (χ1) is 8.99. The maximum Gasteiger partial charge on any atom is 0.124 e. The molecule has 0 aliphatic heterocycles. The average Bonchev–Trinajstić information content (AvgIpc) is 3.14. The van der Waals surface area contributed by atoms with E-state index in [0.717, 1.165) is 24.2 Å². The van der Waals surface area contributed by atoms with Crippen LogP contribution in [0, 0.1) is 11.3 Å². The van der Waals surface area contributed by atoms with E-state index in [1.54, 1.807) is 6.07 Å². The Bertz CT molecular complexity index is 466. The standard InChI is InChI=1S/C15H22ClN3/c1-10(2)7-8-19(12-4-5-12)14-6-3-11(16)9-13(14)15(17)18/h3,6,9-10,12H,4-5,7-8H2,1-2H3,(H3,17,18). The molecule has 1 fully saturated rings. The third-order valence-electron chi connectivity index (χ3n) is 3.49. The number of halogens is 1. The van der Waals surface area contributed by atoms with Gasteiger partial charge in [0, 0.05) is 28.9 Å². The Kier molecular flexibility index (Phi) is 4.35. The molecule has 0 amide bonds. The van der Waals surface area contributed by atoms with Crippen molar-refractivity contribution in [2.24, 2.45) is 11.7 Å². The molecule has 1 aliphatic carbocycles. The van der Waals surface area contributed by atoms with E-state index in [1.807, 2.05) is 12.1 Å². The van der Waals surface area contributed by atoms with Gasteiger partial charge in [0.25, 0.3) is 0 Å². The Labute approximate surface area is 120 Å². The number of benzene rings is 1. The van der Waals surface area contributed by atoms with Crippen LogP contribution in [0.5, 0.6) is 0 Å². The second-order valence-corrected chi connectivity index (χ2v) is 6.12. The number of rotatable bonds is 6. The molecule has 1 aromatic carbocycles. The molecule has 104 valence electrons. The zero-order chi connectivity index (χ0) is 14.0. The zero-order valence-corrected chi connectivity index (χ0v) is 12.4. The average molecular weight is 280 g/mol. The van der Waals surface area contributed by atoms with Crippen molar-refractivity contribution in [2.75, 3.05) is 11.4 Å². The second-order valence-electron chi connectivity index (χ2n) is 5.68. The summed E-state index contributed by atoms with van der Waals surface area (Å²) in [5, 5.41) is 8.37. The highest BCUT2D eigenvalue weighted by molar-refractivity contribution is 6.31. The monoisotopic (exact) mass is 279 g/mol. The Morgan fingerprint density at radius 2 is 2.16 bits per heavy atom. The molecule has 1 aromatic rings. The molecule has 0 aromatic heterocycles. The minimum Gasteiger partial charge on any atom is -0.384 e. The number of anilines is 1. The molecule has 0 atom stereocenters. The number of hydrogen-bond donors (Lipinski definition) is 2. The number of amidine groups is 1. The molecule has 19 heavy (non-hydrogen) atoms. The third kappa shape index (κ3) is 3.63. The Balaban J connectivity index is 2.28. The van der Waals surface area contributed by atoms with Crippen LogP contribution in [0.3, 0.4) is 0 Å². The normalized spacial score (nSPS) is 14.7. The molecule has 0 heterocycles. The maximum absolute atomic E-state index is 7.74. The summed E-state index contributed by atoms with van der Waals surface area (Å²) >= 11 is 6.02. The Morgan fingerprint density at radius 3 is 2.68 bits per heavy atom. The molecular weight excluding hydrogens is 258 g/mol. The predicted octanol–water partition coefficient (Wildman–Crippen LogP) is 3.64. The van der Waals surface area contributed by atoms with E-state index in [4.69, 9.17) is 22.7 Å². The van der Waals surface area contributed by atoms with Crippen LogP contribution in [0.4, 0.5) is 5.69 Å². The van der Waals surface area contributed by atoms with Gasteiger partial charge in [0.2, 0.25) is 0 Å². The van der Waals surface area contributed by atoms with Gasteiger partial charge >= 0.3 is 0 Å². The summed E-state index contributed by atoms with van der Waals surface area (Å²) in [6, 6.07) is 6.29. The molecule has 4 heteroatoms. The molecule has 0 radical (unpaired) electrons. The van der Waals surface area contributed by atoms with Crippen molar-refractivity contribution in [3.8, 4) is 0 Å². The molecule has 2 rings (SSSR count). The molecule has 0 spiro atoms. The highest BCUT2D eigenvalue weighted by Gasteiger charge is 2.30. The van der Waals surface area contributed by atoms with E-state index < -0.39 is 0 Å². The van der Waals surface area contributed by atoms with Crippen LogP contribution in [0.25, 0.3) is 0 Å². The summed E-state index contributed by atoms with van der Waals surface area (Å²) in [5.41, 5.74) is 7.50. The van der Waals surface area contributed by atoms with Crippen molar-refractivity contribution in [3.63, 3.8) is 0 Å². The number of nitrogens with zero attached hydrogens (tertiary/aromatic N) is 1. The van der Waals surface area contributed by atoms with E-state index in [2.05, 4.69) is 18.7 Å². The highest BCUT2D eigenvalue weighted by atomic mass is 35.5. The lowest BCUT2D eigenvalue weighted by Gasteiger charge is -2.27. The van der Waals surface area contributed by atoms with Gasteiger partial charge in [-0.3, -0.25) is 5.41 Å². The Hall–Kier alpha value is -1.22. The Morgan fingerprint density at radius 1 is 1.47 bits per heavy atom. The van der Waals surface area contributed by atoms with Gasteiger partial charge < -0.3 is 10.6 Å². The molecule has 0 saturated heterocycles. The first-order valence-corrected chi connectivity index (χ1v) is 7.27. The molecular formula is C15H22ClN3. The second kappa shape index (κ2) is 5.83. The lowest BCUT2D eigenvalue weighted by Crippen LogP contribution is -2.30. The summed E-state index contributed by atoms with van der Waals surface area (Å²) in [6.07, 6.45) is 3.62. The fourth-order valence-corrected chi connectivity index (χ4v) is 2.43. The van der Waals surface area contributed by atoms with Crippen molar-refractivity contribution < 1.29 is 0 Å². The predicted molar refractivity (Wildman–Crippen MR) is 82.3 cm³/mol. The van der Waals surface area contributed by atoms with Gasteiger partial charge in [-0.15, -0.1) is 0 Å². The van der Waals surface area contributed by atoms with Gasteiger partial charge in [0.1, 0.15) is 5.84 Å². The molecule has 1 aliphatic rings. The summed E-state index contributed by atoms with van der Waals surface area (Å²) < 4.78 is 0. The van der Waals surface area contributed by atoms with Crippen molar-refractivity contribution in [1.29, 1.82) is 5.41 Å². The number of nitrogens with one attached hydrogen (secondary N) is 1. The molecule has 3 N–H and O–H groups in total. The van der Waals surface area contributed by atoms with E-state index in [9.17, 15) is 0 Å². The summed E-state index contributed by atoms with van der Waals surface area (Å²) in [7, 11) is 0. The summed E-state index contributed by atoms with van der Waals surface area (Å²) in [6.45, 7) is 5.49. The van der Waals surface area contributed by atoms with Gasteiger partial charge in [-0.05, 0) is 43.4 Å². The van der Waals surface area contributed by atoms with Crippen LogP contribution in [0.1, 0.15) is 38.7 Å². The van der Waals surface area contributed by atoms with Gasteiger partial charge in [0.15, 0.2) is 0 Å². The van der Waals surface area contributed by atoms with Crippen molar-refractivity contribution in [3.05, 3.63) is 28.8 Å². The van der Waals surface area contributed by atoms with Gasteiger partial charge in [-0.25, -0.2) is 0 Å². The minimum absolute atomic E-state index is 0.0905. The zero-order valence-electron chi connectivity index (χ0n) is 11.6. The van der Waals surface area contributed by atoms with E-state index in [0.29, 0.717) is 17.0 Å². The maximum atomic E-state index is 7.74. The van der Waals surface area contributed by atoms with Crippen molar-refractivity contribution >= 4 is 23.1 Å². The number of hydrogen-bond acceptors (Lipinski definition) is 2. The first kappa shape index (κ1) is 14.2. The van der Waals surface area contributed by atoms with Crippen molar-refractivity contribution in [1.82, 2.24) is 0 Å². The number of nitrogens with two attached hydrogens (primary N) is 1.